The van der Waals surface area contributed by atoms with Crippen LogP contribution in [0.3, 0.4) is 0 Å². The molecule has 0 bridgehead atoms. The summed E-state index contributed by atoms with van der Waals surface area (Å²) in [5.41, 5.74) is 22.3. The normalized spacial score (nSPS) is 13.3. The van der Waals surface area contributed by atoms with Gasteiger partial charge in [0.05, 0.1) is 0 Å². The molecule has 0 N–H and O–H groups in total. The molecule has 0 saturated heterocycles. The Morgan fingerprint density at radius 1 is 0.159 bits per heavy atom. The molecule has 25 aromatic carbocycles. The average Bonchev–Trinajstić information content (AvgIpc) is 0.678. The van der Waals surface area contributed by atoms with Gasteiger partial charge in [0.25, 0.3) is 0 Å². The largest absolute Gasteiger partial charge is 0.0625 e. The lowest BCUT2D eigenvalue weighted by Gasteiger charge is -2.32. The van der Waals surface area contributed by atoms with Gasteiger partial charge in [0.2, 0.25) is 0 Å². The molecule has 606 valence electrons. The second-order valence-corrected chi connectivity index (χ2v) is 42.8. The lowest BCUT2D eigenvalue weighted by Crippen LogP contribution is -2.11. The number of hydrogen-bond acceptors (Lipinski definition) is 0. The Labute approximate surface area is 737 Å². The van der Waals surface area contributed by atoms with Crippen molar-refractivity contribution >= 4 is 194 Å². The Morgan fingerprint density at radius 2 is 0.294 bits per heavy atom. The molecule has 0 aliphatic carbocycles. The van der Waals surface area contributed by atoms with Crippen LogP contribution < -0.4 is 0 Å². The highest BCUT2D eigenvalue weighted by atomic mass is 14.4. The molecule has 0 unspecified atom stereocenters. The zero-order chi connectivity index (χ0) is 85.7. The molecule has 0 heteroatoms. The fraction of sp³-hybridized carbons (Fsp3) is 0.190. The van der Waals surface area contributed by atoms with Gasteiger partial charge in [-0.3, -0.25) is 0 Å². The standard InChI is InChI=1S/C126H102/c1-67(2)53-69-55-77-23-17-71-29-41-99(93-47-35-79(57-69)105(77)111(71)93)117-118(100-42-30-72-18-24-78-56-70(54-68(3)4)58-80-36-48-94(100)112(72)106(78)80)120(102-44-32-74-20-26-82-60-90(124(8,9)10)64-86-38-50-96(102)114(74)108(82)86)122(104-46-34-76-22-28-84-62-92(126(14,15)16)66-88-40-52-98(104)116(76)110(84)88)121(103-45-33-75-21-27-83-61-91(125(11,12)13)65-87-39-51-97(103)115(75)109(83)87)119(117)101-43-31-73-19-25-81-59-89(123(5,6)7)63-85-37-49-95(101)113(73)107(81)85/h17-52,55-68H,53-54H2,1-16H3. The fourth-order valence-corrected chi connectivity index (χ4v) is 23.6. The van der Waals surface area contributed by atoms with Crippen LogP contribution in [0.25, 0.3) is 261 Å². The first-order valence-electron chi connectivity index (χ1n) is 46.2. The highest BCUT2D eigenvalue weighted by Gasteiger charge is 2.37. The third kappa shape index (κ3) is 11.0. The second-order valence-electron chi connectivity index (χ2n) is 42.8. The van der Waals surface area contributed by atoms with E-state index < -0.39 is 0 Å². The monoisotopic (exact) mass is 1610 g/mol. The van der Waals surface area contributed by atoms with Crippen LogP contribution in [0.1, 0.15) is 144 Å². The van der Waals surface area contributed by atoms with Crippen LogP contribution in [0.15, 0.2) is 291 Å². The topological polar surface area (TPSA) is 0 Å². The summed E-state index contributed by atoms with van der Waals surface area (Å²) in [6.07, 6.45) is 2.02. The minimum Gasteiger partial charge on any atom is -0.0625 e. The molecule has 0 fully saturated rings. The van der Waals surface area contributed by atoms with Crippen molar-refractivity contribution in [3.63, 3.8) is 0 Å². The summed E-state index contributed by atoms with van der Waals surface area (Å²) in [6, 6.07) is 120. The van der Waals surface area contributed by atoms with Gasteiger partial charge in [0.1, 0.15) is 0 Å². The maximum absolute atomic E-state index is 2.58. The van der Waals surface area contributed by atoms with Crippen LogP contribution in [-0.4, -0.2) is 0 Å². The van der Waals surface area contributed by atoms with Crippen LogP contribution in [0.4, 0.5) is 0 Å². The Balaban J connectivity index is 0.982. The Bertz CT molecular complexity index is 7950. The molecule has 0 spiro atoms. The van der Waals surface area contributed by atoms with Crippen molar-refractivity contribution in [2.24, 2.45) is 11.8 Å². The van der Waals surface area contributed by atoms with Gasteiger partial charge >= 0.3 is 0 Å². The number of benzene rings is 25. The summed E-state index contributed by atoms with van der Waals surface area (Å²) in [6.45, 7) is 37.8. The van der Waals surface area contributed by atoms with Crippen molar-refractivity contribution in [3.8, 4) is 66.8 Å². The van der Waals surface area contributed by atoms with Crippen LogP contribution in [0.5, 0.6) is 0 Å². The zero-order valence-corrected chi connectivity index (χ0v) is 75.3. The van der Waals surface area contributed by atoms with Crippen molar-refractivity contribution in [2.45, 2.75) is 145 Å². The van der Waals surface area contributed by atoms with Crippen molar-refractivity contribution in [1.29, 1.82) is 0 Å². The first-order chi connectivity index (χ1) is 60.6. The molecule has 126 heavy (non-hydrogen) atoms. The lowest BCUT2D eigenvalue weighted by atomic mass is 9.70. The number of rotatable bonds is 10. The molecule has 0 saturated carbocycles. The molecule has 25 rings (SSSR count). The molecule has 0 aliphatic heterocycles. The molecular formula is C126H102. The van der Waals surface area contributed by atoms with Gasteiger partial charge in [-0.05, 0) is 340 Å². The Morgan fingerprint density at radius 3 is 0.444 bits per heavy atom. The first kappa shape index (κ1) is 75.3. The maximum atomic E-state index is 2.58. The van der Waals surface area contributed by atoms with Crippen LogP contribution in [0, 0.1) is 11.8 Å². The Kier molecular flexibility index (Phi) is 15.6. The molecule has 25 aromatic rings. The molecule has 0 aliphatic rings. The van der Waals surface area contributed by atoms with E-state index in [4.69, 9.17) is 0 Å². The average molecular weight is 1620 g/mol. The van der Waals surface area contributed by atoms with E-state index in [1.807, 2.05) is 0 Å². The predicted octanol–water partition coefficient (Wildman–Crippen LogP) is 36.7. The smallest absolute Gasteiger partial charge is 0.000717 e. The van der Waals surface area contributed by atoms with Gasteiger partial charge in [-0.15, -0.1) is 0 Å². The van der Waals surface area contributed by atoms with E-state index in [0.29, 0.717) is 11.8 Å². The fourth-order valence-electron chi connectivity index (χ4n) is 23.6. The van der Waals surface area contributed by atoms with Crippen LogP contribution >= 0.6 is 0 Å². The second kappa shape index (κ2) is 26.2. The van der Waals surface area contributed by atoms with Crippen molar-refractivity contribution < 1.29 is 0 Å². The SMILES string of the molecule is CC(C)Cc1cc2ccc3ccc(-c4c(-c5ccc6ccc7cc(CC(C)C)cc8ccc5c6c78)c(-c5ccc6ccc7cc(C(C)(C)C)cc8ccc5c6c78)c(-c5ccc6ccc7cc(C(C)(C)C)cc8ccc5c6c78)c(-c5ccc6ccc7cc(C(C)(C)C)cc8ccc5c6c78)c4-c4ccc5ccc6cc(C(C)(C)C)cc7ccc4c5c67)c4ccc(c1)c2c34. The molecule has 0 nitrogen and oxygen atoms in total. The van der Waals surface area contributed by atoms with Crippen molar-refractivity contribution in [1.82, 2.24) is 0 Å². The summed E-state index contributed by atoms with van der Waals surface area (Å²) in [5.74, 6) is 1.01. The van der Waals surface area contributed by atoms with Crippen molar-refractivity contribution in [3.05, 3.63) is 325 Å². The van der Waals surface area contributed by atoms with E-state index in [1.54, 1.807) is 0 Å². The van der Waals surface area contributed by atoms with Gasteiger partial charge in [0.15, 0.2) is 0 Å². The molecule has 0 radical (unpaired) electrons. The van der Waals surface area contributed by atoms with Gasteiger partial charge in [-0.25, -0.2) is 0 Å². The van der Waals surface area contributed by atoms with E-state index in [9.17, 15) is 0 Å². The summed E-state index contributed by atoms with van der Waals surface area (Å²) < 4.78 is 0. The third-order valence-electron chi connectivity index (χ3n) is 29.6. The van der Waals surface area contributed by atoms with E-state index in [2.05, 4.69) is 402 Å². The minimum atomic E-state index is -0.0763. The summed E-state index contributed by atoms with van der Waals surface area (Å²) in [7, 11) is 0. The summed E-state index contributed by atoms with van der Waals surface area (Å²) >= 11 is 0. The Hall–Kier alpha value is -13.3. The molecular weight excluding hydrogens is 1510 g/mol. The third-order valence-corrected chi connectivity index (χ3v) is 29.6. The lowest BCUT2D eigenvalue weighted by molar-refractivity contribution is 0.591. The van der Waals surface area contributed by atoms with E-state index >= 15 is 0 Å². The highest BCUT2D eigenvalue weighted by Crippen LogP contribution is 2.63. The highest BCUT2D eigenvalue weighted by molar-refractivity contribution is 6.38. The van der Waals surface area contributed by atoms with Gasteiger partial charge in [-0.2, -0.15) is 0 Å². The van der Waals surface area contributed by atoms with Crippen LogP contribution in [-0.2, 0) is 34.5 Å². The van der Waals surface area contributed by atoms with Gasteiger partial charge in [0, 0.05) is 0 Å². The van der Waals surface area contributed by atoms with Crippen LogP contribution in [0.2, 0.25) is 0 Å². The van der Waals surface area contributed by atoms with Gasteiger partial charge in [-0.1, -0.05) is 402 Å². The maximum Gasteiger partial charge on any atom is -0.000717 e. The van der Waals surface area contributed by atoms with E-state index in [0.717, 1.165) is 12.8 Å². The van der Waals surface area contributed by atoms with Crippen molar-refractivity contribution in [2.75, 3.05) is 0 Å². The molecule has 0 aromatic heterocycles. The number of hydrogen-bond donors (Lipinski definition) is 0. The molecule has 0 amide bonds. The predicted molar refractivity (Wildman–Crippen MR) is 553 cm³/mol. The minimum absolute atomic E-state index is 0.0760. The van der Waals surface area contributed by atoms with E-state index in [1.165, 1.54) is 294 Å². The van der Waals surface area contributed by atoms with E-state index in [-0.39, 0.29) is 21.7 Å². The molecule has 0 atom stereocenters. The first-order valence-corrected chi connectivity index (χ1v) is 46.2. The van der Waals surface area contributed by atoms with Gasteiger partial charge < -0.3 is 0 Å². The quantitative estimate of drug-likeness (QED) is 0.120. The molecule has 0 heterocycles. The zero-order valence-electron chi connectivity index (χ0n) is 75.3. The summed E-state index contributed by atoms with van der Waals surface area (Å²) in [5, 5.41) is 45.8. The summed E-state index contributed by atoms with van der Waals surface area (Å²) in [4.78, 5) is 0.